The van der Waals surface area contributed by atoms with Gasteiger partial charge in [-0.25, -0.2) is 4.79 Å². The Labute approximate surface area is 183 Å². The van der Waals surface area contributed by atoms with Crippen molar-refractivity contribution in [3.63, 3.8) is 0 Å². The number of anilines is 2. The molecule has 162 valence electrons. The Bertz CT molecular complexity index is 803. The number of carbonyl (C=O) groups is 2. The number of hydrogen-bond donors (Lipinski definition) is 4. The lowest BCUT2D eigenvalue weighted by Gasteiger charge is -2.37. The summed E-state index contributed by atoms with van der Waals surface area (Å²) in [5, 5.41) is 11.9. The van der Waals surface area contributed by atoms with Gasteiger partial charge in [0, 0.05) is 36.0 Å². The Morgan fingerprint density at radius 1 is 0.967 bits per heavy atom. The molecule has 1 heterocycles. The highest BCUT2D eigenvalue weighted by atomic mass is 35.5. The standard InChI is InChI=1S/C22H28N4O3.ClH/c1-29-16-22(11-13-23-14-12-22)15-24-20(27)17-7-9-19(10-8-17)26-21(28)25-18-5-3-2-4-6-18;/h2-10,23H,11-16H2,1H3,(H,24,27)(H2,25,26,28);1H. The van der Waals surface area contributed by atoms with Crippen molar-refractivity contribution < 1.29 is 14.3 Å². The number of halogens is 1. The highest BCUT2D eigenvalue weighted by Crippen LogP contribution is 2.28. The minimum atomic E-state index is -0.333. The predicted octanol–water partition coefficient (Wildman–Crippen LogP) is 3.50. The van der Waals surface area contributed by atoms with Gasteiger partial charge in [0.1, 0.15) is 0 Å². The first-order valence-electron chi connectivity index (χ1n) is 9.81. The van der Waals surface area contributed by atoms with E-state index in [-0.39, 0.29) is 29.8 Å². The molecule has 3 amide bonds. The lowest BCUT2D eigenvalue weighted by molar-refractivity contribution is 0.0512. The lowest BCUT2D eigenvalue weighted by atomic mass is 9.79. The van der Waals surface area contributed by atoms with E-state index in [0.717, 1.165) is 25.9 Å². The number of hydrogen-bond acceptors (Lipinski definition) is 4. The summed E-state index contributed by atoms with van der Waals surface area (Å²) in [4.78, 5) is 24.6. The number of amides is 3. The SMILES string of the molecule is COCC1(CNC(=O)c2ccc(NC(=O)Nc3ccccc3)cc2)CCNCC1.Cl. The molecule has 2 aromatic rings. The van der Waals surface area contributed by atoms with E-state index in [1.165, 1.54) is 0 Å². The van der Waals surface area contributed by atoms with Crippen molar-refractivity contribution in [1.29, 1.82) is 0 Å². The summed E-state index contributed by atoms with van der Waals surface area (Å²) in [5.41, 5.74) is 1.86. The van der Waals surface area contributed by atoms with Crippen LogP contribution in [0.3, 0.4) is 0 Å². The van der Waals surface area contributed by atoms with Gasteiger partial charge in [-0.3, -0.25) is 4.79 Å². The van der Waals surface area contributed by atoms with E-state index in [2.05, 4.69) is 21.3 Å². The van der Waals surface area contributed by atoms with Crippen LogP contribution in [0.15, 0.2) is 54.6 Å². The molecule has 0 unspecified atom stereocenters. The maximum absolute atomic E-state index is 12.5. The second-order valence-corrected chi connectivity index (χ2v) is 7.39. The second kappa shape index (κ2) is 11.5. The second-order valence-electron chi connectivity index (χ2n) is 7.39. The van der Waals surface area contributed by atoms with E-state index in [4.69, 9.17) is 4.74 Å². The first-order valence-corrected chi connectivity index (χ1v) is 9.81. The third kappa shape index (κ3) is 6.73. The molecular weight excluding hydrogens is 404 g/mol. The number of nitrogens with one attached hydrogen (secondary N) is 4. The van der Waals surface area contributed by atoms with Crippen molar-refractivity contribution >= 4 is 35.7 Å². The maximum Gasteiger partial charge on any atom is 0.323 e. The molecule has 1 fully saturated rings. The molecule has 0 aliphatic carbocycles. The Balaban J connectivity index is 0.00000320. The van der Waals surface area contributed by atoms with Crippen molar-refractivity contribution in [1.82, 2.24) is 10.6 Å². The molecular formula is C22H29ClN4O3. The smallest absolute Gasteiger partial charge is 0.323 e. The van der Waals surface area contributed by atoms with Crippen molar-refractivity contribution in [3.8, 4) is 0 Å². The summed E-state index contributed by atoms with van der Waals surface area (Å²) in [7, 11) is 1.70. The van der Waals surface area contributed by atoms with Gasteiger partial charge >= 0.3 is 6.03 Å². The summed E-state index contributed by atoms with van der Waals surface area (Å²) >= 11 is 0. The monoisotopic (exact) mass is 432 g/mol. The fourth-order valence-corrected chi connectivity index (χ4v) is 3.53. The molecule has 0 saturated carbocycles. The van der Waals surface area contributed by atoms with Crippen LogP contribution in [0.4, 0.5) is 16.2 Å². The Hall–Kier alpha value is -2.61. The van der Waals surface area contributed by atoms with Crippen LogP contribution in [0.1, 0.15) is 23.2 Å². The Kier molecular flexibility index (Phi) is 9.11. The highest BCUT2D eigenvalue weighted by molar-refractivity contribution is 6.00. The first-order chi connectivity index (χ1) is 14.1. The topological polar surface area (TPSA) is 91.5 Å². The van der Waals surface area contributed by atoms with Crippen molar-refractivity contribution in [2.75, 3.05) is 44.0 Å². The molecule has 1 aliphatic rings. The number of carbonyl (C=O) groups excluding carboxylic acids is 2. The van der Waals surface area contributed by atoms with E-state index >= 15 is 0 Å². The number of rotatable bonds is 7. The Morgan fingerprint density at radius 2 is 1.57 bits per heavy atom. The van der Waals surface area contributed by atoms with Gasteiger partial charge in [0.05, 0.1) is 6.61 Å². The van der Waals surface area contributed by atoms with Crippen LogP contribution in [0.5, 0.6) is 0 Å². The summed E-state index contributed by atoms with van der Waals surface area (Å²) < 4.78 is 5.39. The van der Waals surface area contributed by atoms with Gasteiger partial charge in [-0.05, 0) is 62.3 Å². The van der Waals surface area contributed by atoms with Gasteiger partial charge < -0.3 is 26.0 Å². The van der Waals surface area contributed by atoms with Crippen LogP contribution in [0.2, 0.25) is 0 Å². The zero-order valence-electron chi connectivity index (χ0n) is 17.1. The number of ether oxygens (including phenoxy) is 1. The number of piperidine rings is 1. The van der Waals surface area contributed by atoms with Gasteiger partial charge in [0.15, 0.2) is 0 Å². The molecule has 4 N–H and O–H groups in total. The van der Waals surface area contributed by atoms with Crippen LogP contribution in [0, 0.1) is 5.41 Å². The van der Waals surface area contributed by atoms with Gasteiger partial charge in [-0.2, -0.15) is 0 Å². The molecule has 0 radical (unpaired) electrons. The first kappa shape index (κ1) is 23.7. The molecule has 1 saturated heterocycles. The molecule has 30 heavy (non-hydrogen) atoms. The Morgan fingerprint density at radius 3 is 2.17 bits per heavy atom. The summed E-state index contributed by atoms with van der Waals surface area (Å²) in [6, 6.07) is 15.7. The third-order valence-corrected chi connectivity index (χ3v) is 5.18. The van der Waals surface area contributed by atoms with Crippen molar-refractivity contribution in [3.05, 3.63) is 60.2 Å². The minimum absolute atomic E-state index is 0. The van der Waals surface area contributed by atoms with E-state index in [1.807, 2.05) is 30.3 Å². The summed E-state index contributed by atoms with van der Waals surface area (Å²) in [5.74, 6) is -0.126. The molecule has 1 aliphatic heterocycles. The van der Waals surface area contributed by atoms with Gasteiger partial charge in [0.2, 0.25) is 0 Å². The average Bonchev–Trinajstić information content (AvgIpc) is 2.74. The normalized spacial score (nSPS) is 14.8. The predicted molar refractivity (Wildman–Crippen MR) is 122 cm³/mol. The number of benzene rings is 2. The van der Waals surface area contributed by atoms with Crippen LogP contribution in [-0.4, -0.2) is 45.3 Å². The third-order valence-electron chi connectivity index (χ3n) is 5.18. The fraction of sp³-hybridized carbons (Fsp3) is 0.364. The van der Waals surface area contributed by atoms with E-state index in [9.17, 15) is 9.59 Å². The lowest BCUT2D eigenvalue weighted by Crippen LogP contribution is -2.47. The van der Waals surface area contributed by atoms with Crippen LogP contribution >= 0.6 is 12.4 Å². The summed E-state index contributed by atoms with van der Waals surface area (Å²) in [6.07, 6.45) is 1.95. The van der Waals surface area contributed by atoms with Crippen LogP contribution in [-0.2, 0) is 4.74 Å². The van der Waals surface area contributed by atoms with E-state index in [0.29, 0.717) is 30.1 Å². The van der Waals surface area contributed by atoms with Crippen molar-refractivity contribution in [2.45, 2.75) is 12.8 Å². The molecule has 0 bridgehead atoms. The van der Waals surface area contributed by atoms with Gasteiger partial charge in [0.25, 0.3) is 5.91 Å². The highest BCUT2D eigenvalue weighted by Gasteiger charge is 2.32. The molecule has 0 atom stereocenters. The van der Waals surface area contributed by atoms with Gasteiger partial charge in [-0.1, -0.05) is 18.2 Å². The number of para-hydroxylation sites is 1. The molecule has 2 aromatic carbocycles. The zero-order chi connectivity index (χ0) is 20.5. The van der Waals surface area contributed by atoms with Crippen LogP contribution in [0.25, 0.3) is 0 Å². The van der Waals surface area contributed by atoms with Crippen LogP contribution < -0.4 is 21.3 Å². The summed E-state index contributed by atoms with van der Waals surface area (Å²) in [6.45, 7) is 3.09. The number of methoxy groups -OCH3 is 1. The maximum atomic E-state index is 12.5. The fourth-order valence-electron chi connectivity index (χ4n) is 3.53. The molecule has 0 spiro atoms. The van der Waals surface area contributed by atoms with E-state index < -0.39 is 0 Å². The quantitative estimate of drug-likeness (QED) is 0.539. The molecule has 7 nitrogen and oxygen atoms in total. The van der Waals surface area contributed by atoms with Crippen molar-refractivity contribution in [2.24, 2.45) is 5.41 Å². The van der Waals surface area contributed by atoms with Gasteiger partial charge in [-0.15, -0.1) is 12.4 Å². The molecule has 3 rings (SSSR count). The number of urea groups is 1. The largest absolute Gasteiger partial charge is 0.384 e. The molecule has 0 aromatic heterocycles. The minimum Gasteiger partial charge on any atom is -0.384 e. The zero-order valence-corrected chi connectivity index (χ0v) is 17.9. The molecule has 8 heteroatoms. The average molecular weight is 433 g/mol. The van der Waals surface area contributed by atoms with E-state index in [1.54, 1.807) is 31.4 Å².